The lowest BCUT2D eigenvalue weighted by molar-refractivity contribution is 0.514. The number of nitrogens with one attached hydrogen (secondary N) is 1. The first-order chi connectivity index (χ1) is 5.79. The van der Waals surface area contributed by atoms with Crippen molar-refractivity contribution in [1.82, 2.24) is 10.2 Å². The summed E-state index contributed by atoms with van der Waals surface area (Å²) in [6.07, 6.45) is 1.71. The van der Waals surface area contributed by atoms with Crippen molar-refractivity contribution in [3.05, 3.63) is 36.5 Å². The topological polar surface area (TPSA) is 48.9 Å². The zero-order chi connectivity index (χ0) is 8.55. The van der Waals surface area contributed by atoms with Gasteiger partial charge in [0.05, 0.1) is 11.7 Å². The van der Waals surface area contributed by atoms with Gasteiger partial charge in [-0.05, 0) is 6.07 Å². The number of H-pyrrole nitrogens is 1. The van der Waals surface area contributed by atoms with Crippen molar-refractivity contribution in [1.29, 1.82) is 0 Å². The first kappa shape index (κ1) is 6.91. The average molecular weight is 160 g/mol. The molecule has 2 rings (SSSR count). The Hall–Kier alpha value is -1.77. The van der Waals surface area contributed by atoms with Gasteiger partial charge in [0, 0.05) is 10.9 Å². The Bertz CT molecular complexity index is 431. The summed E-state index contributed by atoms with van der Waals surface area (Å²) >= 11 is 0. The molecule has 1 aromatic carbocycles. The number of hydrogen-bond acceptors (Lipinski definition) is 2. The fraction of sp³-hybridized carbons (Fsp3) is 0. The molecule has 0 bridgehead atoms. The number of hydrogen-bond donors (Lipinski definition) is 2. The maximum absolute atomic E-state index is 9.20. The van der Waals surface area contributed by atoms with Crippen LogP contribution in [-0.2, 0) is 0 Å². The van der Waals surface area contributed by atoms with E-state index in [4.69, 9.17) is 0 Å². The number of rotatable bonds is 1. The molecule has 0 fully saturated rings. The van der Waals surface area contributed by atoms with Crippen molar-refractivity contribution in [2.24, 2.45) is 0 Å². The van der Waals surface area contributed by atoms with E-state index in [-0.39, 0.29) is 5.76 Å². The molecular formula is C9H8N2O. The number of fused-ring (bicyclic) bond motifs is 1. The lowest BCUT2D eigenvalue weighted by Crippen LogP contribution is -1.82. The maximum Gasteiger partial charge on any atom is 0.117 e. The lowest BCUT2D eigenvalue weighted by atomic mass is 10.1. The molecule has 2 N–H and O–H groups in total. The summed E-state index contributed by atoms with van der Waals surface area (Å²) in [7, 11) is 0. The Kier molecular flexibility index (Phi) is 1.37. The molecule has 12 heavy (non-hydrogen) atoms. The zero-order valence-electron chi connectivity index (χ0n) is 6.41. The molecule has 0 aliphatic carbocycles. The monoisotopic (exact) mass is 160 g/mol. The van der Waals surface area contributed by atoms with Crippen LogP contribution in [0.4, 0.5) is 0 Å². The fourth-order valence-electron chi connectivity index (χ4n) is 1.21. The Morgan fingerprint density at radius 3 is 3.08 bits per heavy atom. The van der Waals surface area contributed by atoms with Crippen LogP contribution < -0.4 is 0 Å². The van der Waals surface area contributed by atoms with E-state index in [0.717, 1.165) is 10.9 Å². The van der Waals surface area contributed by atoms with Crippen LogP contribution in [-0.4, -0.2) is 15.3 Å². The van der Waals surface area contributed by atoms with E-state index in [1.54, 1.807) is 12.3 Å². The van der Waals surface area contributed by atoms with Crippen LogP contribution in [0.1, 0.15) is 5.56 Å². The standard InChI is InChI=1S/C9H8N2O/c1-6(12)8-4-2-3-7-5-10-11-9(7)8/h2-5,12H,1H2,(H,10,11). The van der Waals surface area contributed by atoms with E-state index in [1.165, 1.54) is 0 Å². The normalized spacial score (nSPS) is 10.3. The predicted molar refractivity (Wildman–Crippen MR) is 47.8 cm³/mol. The molecule has 0 aliphatic heterocycles. The summed E-state index contributed by atoms with van der Waals surface area (Å²) in [5.41, 5.74) is 1.52. The van der Waals surface area contributed by atoms with Gasteiger partial charge in [0.15, 0.2) is 0 Å². The van der Waals surface area contributed by atoms with Gasteiger partial charge in [-0.3, -0.25) is 5.10 Å². The molecule has 0 radical (unpaired) electrons. The maximum atomic E-state index is 9.20. The molecular weight excluding hydrogens is 152 g/mol. The van der Waals surface area contributed by atoms with Crippen LogP contribution in [0.3, 0.4) is 0 Å². The van der Waals surface area contributed by atoms with Crippen LogP contribution >= 0.6 is 0 Å². The number of aromatic nitrogens is 2. The van der Waals surface area contributed by atoms with Crippen LogP contribution in [0, 0.1) is 0 Å². The average Bonchev–Trinajstić information content (AvgIpc) is 2.49. The molecule has 2 aromatic rings. The van der Waals surface area contributed by atoms with Crippen molar-refractivity contribution in [3.63, 3.8) is 0 Å². The highest BCUT2D eigenvalue weighted by Crippen LogP contribution is 2.19. The third-order valence-electron chi connectivity index (χ3n) is 1.79. The van der Waals surface area contributed by atoms with Gasteiger partial charge in [-0.1, -0.05) is 18.7 Å². The Labute approximate surface area is 69.3 Å². The van der Waals surface area contributed by atoms with E-state index >= 15 is 0 Å². The number of aliphatic hydroxyl groups excluding tert-OH is 1. The Morgan fingerprint density at radius 2 is 2.33 bits per heavy atom. The van der Waals surface area contributed by atoms with Crippen molar-refractivity contribution < 1.29 is 5.11 Å². The number of nitrogens with zero attached hydrogens (tertiary/aromatic N) is 1. The quantitative estimate of drug-likeness (QED) is 0.627. The van der Waals surface area contributed by atoms with Gasteiger partial charge in [0.2, 0.25) is 0 Å². The highest BCUT2D eigenvalue weighted by atomic mass is 16.3. The molecule has 0 spiro atoms. The summed E-state index contributed by atoms with van der Waals surface area (Å²) in [4.78, 5) is 0. The molecule has 0 amide bonds. The fourth-order valence-corrected chi connectivity index (χ4v) is 1.21. The third kappa shape index (κ3) is 0.871. The summed E-state index contributed by atoms with van der Waals surface area (Å²) in [5.74, 6) is 0.0600. The summed E-state index contributed by atoms with van der Waals surface area (Å²) in [6, 6.07) is 5.57. The van der Waals surface area contributed by atoms with Crippen LogP contribution in [0.15, 0.2) is 31.0 Å². The first-order valence-electron chi connectivity index (χ1n) is 3.59. The van der Waals surface area contributed by atoms with E-state index < -0.39 is 0 Å². The van der Waals surface area contributed by atoms with E-state index in [9.17, 15) is 5.11 Å². The molecule has 0 saturated carbocycles. The van der Waals surface area contributed by atoms with Crippen LogP contribution in [0.2, 0.25) is 0 Å². The molecule has 0 unspecified atom stereocenters. The molecule has 60 valence electrons. The van der Waals surface area contributed by atoms with Gasteiger partial charge >= 0.3 is 0 Å². The molecule has 1 aromatic heterocycles. The number of aromatic amines is 1. The van der Waals surface area contributed by atoms with Gasteiger partial charge in [-0.15, -0.1) is 0 Å². The second kappa shape index (κ2) is 2.37. The van der Waals surface area contributed by atoms with Crippen molar-refractivity contribution >= 4 is 16.7 Å². The first-order valence-corrected chi connectivity index (χ1v) is 3.59. The van der Waals surface area contributed by atoms with E-state index in [0.29, 0.717) is 5.56 Å². The highest BCUT2D eigenvalue weighted by molar-refractivity contribution is 5.88. The number of para-hydroxylation sites is 1. The SMILES string of the molecule is C=C(O)c1cccc2cn[nH]c12. The molecule has 1 heterocycles. The van der Waals surface area contributed by atoms with Gasteiger partial charge < -0.3 is 5.11 Å². The molecule has 0 aliphatic rings. The third-order valence-corrected chi connectivity index (χ3v) is 1.79. The van der Waals surface area contributed by atoms with Crippen LogP contribution in [0.25, 0.3) is 16.7 Å². The highest BCUT2D eigenvalue weighted by Gasteiger charge is 2.03. The molecule has 3 heteroatoms. The minimum absolute atomic E-state index is 0.0600. The predicted octanol–water partition coefficient (Wildman–Crippen LogP) is 2.09. The van der Waals surface area contributed by atoms with Gasteiger partial charge in [-0.2, -0.15) is 5.10 Å². The van der Waals surface area contributed by atoms with Gasteiger partial charge in [0.25, 0.3) is 0 Å². The summed E-state index contributed by atoms with van der Waals surface area (Å²) in [5, 5.41) is 16.8. The number of aliphatic hydroxyl groups is 1. The minimum Gasteiger partial charge on any atom is -0.508 e. The summed E-state index contributed by atoms with van der Waals surface area (Å²) in [6.45, 7) is 3.46. The minimum atomic E-state index is 0.0600. The second-order valence-corrected chi connectivity index (χ2v) is 2.59. The molecule has 0 atom stereocenters. The zero-order valence-corrected chi connectivity index (χ0v) is 6.41. The van der Waals surface area contributed by atoms with Crippen LogP contribution in [0.5, 0.6) is 0 Å². The molecule has 0 saturated heterocycles. The molecule has 3 nitrogen and oxygen atoms in total. The van der Waals surface area contributed by atoms with Crippen molar-refractivity contribution in [3.8, 4) is 0 Å². The van der Waals surface area contributed by atoms with E-state index in [2.05, 4.69) is 16.8 Å². The smallest absolute Gasteiger partial charge is 0.117 e. The Morgan fingerprint density at radius 1 is 1.50 bits per heavy atom. The largest absolute Gasteiger partial charge is 0.508 e. The van der Waals surface area contributed by atoms with Gasteiger partial charge in [0.1, 0.15) is 5.76 Å². The van der Waals surface area contributed by atoms with Crippen molar-refractivity contribution in [2.45, 2.75) is 0 Å². The summed E-state index contributed by atoms with van der Waals surface area (Å²) < 4.78 is 0. The second-order valence-electron chi connectivity index (χ2n) is 2.59. The van der Waals surface area contributed by atoms with Gasteiger partial charge in [-0.25, -0.2) is 0 Å². The Balaban J connectivity index is 2.82. The van der Waals surface area contributed by atoms with E-state index in [1.807, 2.05) is 12.1 Å². The lowest BCUT2D eigenvalue weighted by Gasteiger charge is -1.98. The number of benzene rings is 1. The van der Waals surface area contributed by atoms with Crippen molar-refractivity contribution in [2.75, 3.05) is 0 Å².